The molecule has 0 aliphatic rings. The molecule has 0 saturated heterocycles. The second-order valence-corrected chi connectivity index (χ2v) is 5.65. The molecule has 0 radical (unpaired) electrons. The molecule has 0 atom stereocenters. The molecule has 1 amide bonds. The lowest BCUT2D eigenvalue weighted by atomic mass is 9.80. The number of hydrogen-bond donors (Lipinski definition) is 3. The molecule has 1 rings (SSSR count). The molecule has 6 heteroatoms. The number of rotatable bonds is 5. The van der Waals surface area contributed by atoms with Crippen molar-refractivity contribution in [1.82, 2.24) is 5.32 Å². The van der Waals surface area contributed by atoms with E-state index < -0.39 is 18.8 Å². The molecule has 0 fully saturated rings. The van der Waals surface area contributed by atoms with E-state index in [0.717, 1.165) is 18.4 Å². The minimum Gasteiger partial charge on any atom is -0.444 e. The van der Waals surface area contributed by atoms with Gasteiger partial charge in [-0.1, -0.05) is 24.3 Å². The van der Waals surface area contributed by atoms with E-state index in [9.17, 15) is 4.79 Å². The monoisotopic (exact) mass is 279 g/mol. The van der Waals surface area contributed by atoms with E-state index >= 15 is 0 Å². The van der Waals surface area contributed by atoms with Crippen molar-refractivity contribution in [2.45, 2.75) is 39.2 Å². The van der Waals surface area contributed by atoms with Crippen LogP contribution in [0.1, 0.15) is 32.8 Å². The second kappa shape index (κ2) is 7.31. The van der Waals surface area contributed by atoms with Gasteiger partial charge >= 0.3 is 13.2 Å². The fraction of sp³-hybridized carbons (Fsp3) is 0.500. The van der Waals surface area contributed by atoms with Gasteiger partial charge in [0, 0.05) is 6.54 Å². The van der Waals surface area contributed by atoms with E-state index in [-0.39, 0.29) is 0 Å². The van der Waals surface area contributed by atoms with Crippen molar-refractivity contribution in [2.75, 3.05) is 6.54 Å². The second-order valence-electron chi connectivity index (χ2n) is 5.65. The Morgan fingerprint density at radius 3 is 2.35 bits per heavy atom. The maximum Gasteiger partial charge on any atom is 0.488 e. The van der Waals surface area contributed by atoms with Crippen molar-refractivity contribution in [3.05, 3.63) is 29.8 Å². The highest BCUT2D eigenvalue weighted by molar-refractivity contribution is 6.58. The Bertz CT molecular complexity index is 426. The minimum atomic E-state index is -1.43. The Labute approximate surface area is 120 Å². The summed E-state index contributed by atoms with van der Waals surface area (Å²) in [5.41, 5.74) is 1.08. The molecule has 1 aromatic rings. The van der Waals surface area contributed by atoms with E-state index in [1.54, 1.807) is 12.1 Å². The SMILES string of the molecule is CC(C)(C)OC(=O)NCCCc1ccc(B(O)O)cc1. The first kappa shape index (κ1) is 16.5. The lowest BCUT2D eigenvalue weighted by Gasteiger charge is -2.19. The Morgan fingerprint density at radius 2 is 1.85 bits per heavy atom. The van der Waals surface area contributed by atoms with Crippen molar-refractivity contribution in [3.8, 4) is 0 Å². The third-order valence-corrected chi connectivity index (χ3v) is 2.59. The van der Waals surface area contributed by atoms with Crippen LogP contribution < -0.4 is 10.8 Å². The number of carbonyl (C=O) groups excluding carboxylic acids is 1. The summed E-state index contributed by atoms with van der Waals surface area (Å²) >= 11 is 0. The van der Waals surface area contributed by atoms with E-state index in [1.807, 2.05) is 32.9 Å². The summed E-state index contributed by atoms with van der Waals surface area (Å²) in [4.78, 5) is 11.4. The van der Waals surface area contributed by atoms with Gasteiger partial charge in [0.25, 0.3) is 0 Å². The third-order valence-electron chi connectivity index (χ3n) is 2.59. The van der Waals surface area contributed by atoms with Crippen LogP contribution in [0.15, 0.2) is 24.3 Å². The normalized spacial score (nSPS) is 11.1. The fourth-order valence-electron chi connectivity index (χ4n) is 1.65. The molecule has 3 N–H and O–H groups in total. The summed E-state index contributed by atoms with van der Waals surface area (Å²) in [7, 11) is -1.43. The predicted molar refractivity (Wildman–Crippen MR) is 78.8 cm³/mol. The van der Waals surface area contributed by atoms with Crippen LogP contribution in [0.2, 0.25) is 0 Å². The highest BCUT2D eigenvalue weighted by Crippen LogP contribution is 2.06. The van der Waals surface area contributed by atoms with Crippen LogP contribution in [0.25, 0.3) is 0 Å². The van der Waals surface area contributed by atoms with E-state index in [0.29, 0.717) is 12.0 Å². The summed E-state index contributed by atoms with van der Waals surface area (Å²) in [5.74, 6) is 0. The number of aryl methyl sites for hydroxylation is 1. The lowest BCUT2D eigenvalue weighted by Crippen LogP contribution is -2.33. The molecule has 110 valence electrons. The average Bonchev–Trinajstić information content (AvgIpc) is 2.33. The van der Waals surface area contributed by atoms with E-state index in [1.165, 1.54) is 0 Å². The molecule has 0 spiro atoms. The number of nitrogens with one attached hydrogen (secondary N) is 1. The van der Waals surface area contributed by atoms with Crippen molar-refractivity contribution in [3.63, 3.8) is 0 Å². The molecular weight excluding hydrogens is 257 g/mol. The quantitative estimate of drug-likeness (QED) is 0.551. The standard InChI is InChI=1S/C14H22BNO4/c1-14(2,3)20-13(17)16-10-4-5-11-6-8-12(9-7-11)15(18)19/h6-9,18-19H,4-5,10H2,1-3H3,(H,16,17). The van der Waals surface area contributed by atoms with Crippen molar-refractivity contribution >= 4 is 18.7 Å². The predicted octanol–water partition coefficient (Wildman–Crippen LogP) is 0.824. The van der Waals surface area contributed by atoms with Gasteiger partial charge in [-0.3, -0.25) is 0 Å². The number of hydrogen-bond acceptors (Lipinski definition) is 4. The molecule has 5 nitrogen and oxygen atoms in total. The lowest BCUT2D eigenvalue weighted by molar-refractivity contribution is 0.0527. The topological polar surface area (TPSA) is 78.8 Å². The van der Waals surface area contributed by atoms with Crippen molar-refractivity contribution in [1.29, 1.82) is 0 Å². The van der Waals surface area contributed by atoms with Crippen LogP contribution in [0, 0.1) is 0 Å². The highest BCUT2D eigenvalue weighted by atomic mass is 16.6. The number of ether oxygens (including phenoxy) is 1. The Morgan fingerprint density at radius 1 is 1.25 bits per heavy atom. The smallest absolute Gasteiger partial charge is 0.444 e. The molecule has 0 aliphatic heterocycles. The summed E-state index contributed by atoms with van der Waals surface area (Å²) < 4.78 is 5.13. The van der Waals surface area contributed by atoms with Gasteiger partial charge < -0.3 is 20.1 Å². The Balaban J connectivity index is 2.26. The van der Waals surface area contributed by atoms with Crippen LogP contribution in [-0.2, 0) is 11.2 Å². The molecule has 0 bridgehead atoms. The zero-order chi connectivity index (χ0) is 15.2. The van der Waals surface area contributed by atoms with Gasteiger partial charge in [-0.15, -0.1) is 0 Å². The van der Waals surface area contributed by atoms with E-state index in [4.69, 9.17) is 14.8 Å². The molecular formula is C14H22BNO4. The molecule has 0 saturated carbocycles. The number of benzene rings is 1. The third kappa shape index (κ3) is 6.59. The number of carbonyl (C=O) groups is 1. The van der Waals surface area contributed by atoms with Gasteiger partial charge in [0.2, 0.25) is 0 Å². The minimum absolute atomic E-state index is 0.406. The average molecular weight is 279 g/mol. The van der Waals surface area contributed by atoms with Gasteiger partial charge in [-0.2, -0.15) is 0 Å². The largest absolute Gasteiger partial charge is 0.488 e. The van der Waals surface area contributed by atoms with Gasteiger partial charge in [0.15, 0.2) is 0 Å². The maximum atomic E-state index is 11.4. The Kier molecular flexibility index (Phi) is 6.04. The summed E-state index contributed by atoms with van der Waals surface area (Å²) in [6.07, 6.45) is 1.19. The first-order valence-electron chi connectivity index (χ1n) is 6.70. The molecule has 0 aliphatic carbocycles. The Hall–Kier alpha value is -1.53. The molecule has 0 aromatic heterocycles. The van der Waals surface area contributed by atoms with Crippen LogP contribution >= 0.6 is 0 Å². The van der Waals surface area contributed by atoms with Gasteiger partial charge in [-0.25, -0.2) is 4.79 Å². The summed E-state index contributed by atoms with van der Waals surface area (Å²) in [6, 6.07) is 7.06. The van der Waals surface area contributed by atoms with Crippen LogP contribution in [0.5, 0.6) is 0 Å². The van der Waals surface area contributed by atoms with Crippen molar-refractivity contribution in [2.24, 2.45) is 0 Å². The van der Waals surface area contributed by atoms with Crippen LogP contribution in [-0.4, -0.2) is 35.4 Å². The molecule has 0 heterocycles. The summed E-state index contributed by atoms with van der Waals surface area (Å²) in [6.45, 7) is 6.01. The first-order valence-corrected chi connectivity index (χ1v) is 6.70. The van der Waals surface area contributed by atoms with Gasteiger partial charge in [-0.05, 0) is 44.6 Å². The zero-order valence-corrected chi connectivity index (χ0v) is 12.2. The maximum absolute atomic E-state index is 11.4. The number of alkyl carbamates (subject to hydrolysis) is 1. The van der Waals surface area contributed by atoms with Crippen LogP contribution in [0.4, 0.5) is 4.79 Å². The highest BCUT2D eigenvalue weighted by Gasteiger charge is 2.15. The van der Waals surface area contributed by atoms with E-state index in [2.05, 4.69) is 5.32 Å². The molecule has 1 aromatic carbocycles. The fourth-order valence-corrected chi connectivity index (χ4v) is 1.65. The van der Waals surface area contributed by atoms with Crippen molar-refractivity contribution < 1.29 is 19.6 Å². The van der Waals surface area contributed by atoms with Gasteiger partial charge in [0.05, 0.1) is 0 Å². The first-order chi connectivity index (χ1) is 9.28. The number of amides is 1. The molecule has 20 heavy (non-hydrogen) atoms. The van der Waals surface area contributed by atoms with Gasteiger partial charge in [0.1, 0.15) is 5.60 Å². The zero-order valence-electron chi connectivity index (χ0n) is 12.2. The molecule has 0 unspecified atom stereocenters. The van der Waals surface area contributed by atoms with Crippen LogP contribution in [0.3, 0.4) is 0 Å². The summed E-state index contributed by atoms with van der Waals surface area (Å²) in [5, 5.41) is 20.7.